The number of benzene rings is 1. The number of allylic oxidation sites excluding steroid dienone is 1. The van der Waals surface area contributed by atoms with E-state index in [-0.39, 0.29) is 10.4 Å². The van der Waals surface area contributed by atoms with Crippen molar-refractivity contribution < 1.29 is 23.9 Å². The zero-order chi connectivity index (χ0) is 21.5. The van der Waals surface area contributed by atoms with Gasteiger partial charge in [-0.2, -0.15) is 0 Å². The number of carbonyl (C=O) groups is 3. The molecule has 2 heterocycles. The molecule has 0 saturated carbocycles. The van der Waals surface area contributed by atoms with Crippen molar-refractivity contribution in [2.45, 2.75) is 26.3 Å². The van der Waals surface area contributed by atoms with Crippen LogP contribution in [-0.2, 0) is 14.3 Å². The Morgan fingerprint density at radius 3 is 2.55 bits per heavy atom. The van der Waals surface area contributed by atoms with E-state index in [1.54, 1.807) is 13.2 Å². The van der Waals surface area contributed by atoms with Gasteiger partial charge in [0.05, 0.1) is 24.7 Å². The van der Waals surface area contributed by atoms with Gasteiger partial charge < -0.3 is 14.4 Å². The van der Waals surface area contributed by atoms with E-state index in [0.717, 1.165) is 33.5 Å². The van der Waals surface area contributed by atoms with Crippen LogP contribution >= 0.6 is 11.8 Å². The normalized spacial score (nSPS) is 19.4. The van der Waals surface area contributed by atoms with Crippen LogP contribution in [0.5, 0.6) is 5.75 Å². The standard InChI is InChI=1S/C21H24N2O5S/c1-12-10-21(2,3)22(4)15-9-16(27-5)13(7-14(12)15)8-17-19(25)23(20(26)29-17)11-18(24)28-6/h7-10H,11H2,1-6H3/b17-8-. The lowest BCUT2D eigenvalue weighted by Crippen LogP contribution is -2.42. The predicted octanol–water partition coefficient (Wildman–Crippen LogP) is 3.54. The number of ether oxygens (including phenoxy) is 2. The Hall–Kier alpha value is -2.74. The third kappa shape index (κ3) is 3.76. The number of amides is 2. The molecule has 2 amide bonds. The number of imide groups is 1. The number of rotatable bonds is 4. The second kappa shape index (κ2) is 7.59. The van der Waals surface area contributed by atoms with Crippen LogP contribution in [0.25, 0.3) is 11.6 Å². The lowest BCUT2D eigenvalue weighted by Gasteiger charge is -2.41. The molecule has 2 aliphatic rings. The number of likely N-dealkylation sites (N-methyl/N-ethyl adjacent to an activating group) is 1. The van der Waals surface area contributed by atoms with Gasteiger partial charge in [-0.3, -0.25) is 19.3 Å². The molecular weight excluding hydrogens is 392 g/mol. The number of esters is 1. The quantitative estimate of drug-likeness (QED) is 0.549. The second-order valence-corrected chi connectivity index (χ2v) is 8.49. The van der Waals surface area contributed by atoms with E-state index in [9.17, 15) is 14.4 Å². The number of methoxy groups -OCH3 is 2. The molecule has 0 bridgehead atoms. The van der Waals surface area contributed by atoms with E-state index in [1.807, 2.05) is 26.1 Å². The number of hydrogen-bond donors (Lipinski definition) is 0. The van der Waals surface area contributed by atoms with Crippen molar-refractivity contribution in [2.24, 2.45) is 0 Å². The molecule has 0 unspecified atom stereocenters. The third-order valence-electron chi connectivity index (χ3n) is 5.24. The highest BCUT2D eigenvalue weighted by Crippen LogP contribution is 2.42. The summed E-state index contributed by atoms with van der Waals surface area (Å²) in [5.74, 6) is -0.567. The van der Waals surface area contributed by atoms with E-state index in [2.05, 4.69) is 29.6 Å². The molecule has 1 aromatic rings. The Morgan fingerprint density at radius 2 is 1.93 bits per heavy atom. The van der Waals surface area contributed by atoms with Crippen molar-refractivity contribution in [2.75, 3.05) is 32.7 Å². The van der Waals surface area contributed by atoms with Gasteiger partial charge in [-0.1, -0.05) is 6.08 Å². The van der Waals surface area contributed by atoms with E-state index in [1.165, 1.54) is 7.11 Å². The molecule has 0 N–H and O–H groups in total. The van der Waals surface area contributed by atoms with Crippen molar-refractivity contribution in [1.29, 1.82) is 0 Å². The maximum Gasteiger partial charge on any atom is 0.325 e. The minimum atomic E-state index is -0.647. The fraction of sp³-hybridized carbons (Fsp3) is 0.381. The summed E-state index contributed by atoms with van der Waals surface area (Å²) in [6.45, 7) is 5.92. The molecule has 2 aliphatic heterocycles. The first-order chi connectivity index (χ1) is 13.6. The minimum absolute atomic E-state index is 0.139. The molecule has 1 saturated heterocycles. The van der Waals surface area contributed by atoms with Crippen LogP contribution in [0.15, 0.2) is 23.1 Å². The van der Waals surface area contributed by atoms with Gasteiger partial charge in [-0.05, 0) is 50.2 Å². The molecule has 0 aliphatic carbocycles. The average Bonchev–Trinajstić information content (AvgIpc) is 2.92. The third-order valence-corrected chi connectivity index (χ3v) is 6.15. The molecule has 7 nitrogen and oxygen atoms in total. The summed E-state index contributed by atoms with van der Waals surface area (Å²) in [6.07, 6.45) is 3.82. The second-order valence-electron chi connectivity index (χ2n) is 7.50. The smallest absolute Gasteiger partial charge is 0.325 e. The Bertz CT molecular complexity index is 964. The summed E-state index contributed by atoms with van der Waals surface area (Å²) in [7, 11) is 4.81. The lowest BCUT2D eigenvalue weighted by molar-refractivity contribution is -0.143. The first-order valence-electron chi connectivity index (χ1n) is 9.07. The van der Waals surface area contributed by atoms with E-state index in [0.29, 0.717) is 11.3 Å². The number of anilines is 1. The zero-order valence-electron chi connectivity index (χ0n) is 17.4. The monoisotopic (exact) mass is 416 g/mol. The SMILES string of the molecule is COC(=O)CN1C(=O)S/C(=C\c2cc3c(cc2OC)N(C)C(C)(C)C=C3C)C1=O. The van der Waals surface area contributed by atoms with E-state index >= 15 is 0 Å². The summed E-state index contributed by atoms with van der Waals surface area (Å²) in [5.41, 5.74) is 3.74. The van der Waals surface area contributed by atoms with Crippen molar-refractivity contribution in [1.82, 2.24) is 4.90 Å². The van der Waals surface area contributed by atoms with Gasteiger partial charge >= 0.3 is 5.97 Å². The van der Waals surface area contributed by atoms with Crippen LogP contribution in [0.3, 0.4) is 0 Å². The summed E-state index contributed by atoms with van der Waals surface area (Å²) in [5, 5.41) is -0.499. The molecule has 29 heavy (non-hydrogen) atoms. The van der Waals surface area contributed by atoms with Crippen LogP contribution in [-0.4, -0.2) is 55.4 Å². The van der Waals surface area contributed by atoms with Gasteiger partial charge in [0.1, 0.15) is 12.3 Å². The molecule has 154 valence electrons. The number of fused-ring (bicyclic) bond motifs is 1. The number of hydrogen-bond acceptors (Lipinski definition) is 7. The molecule has 8 heteroatoms. The highest BCUT2D eigenvalue weighted by molar-refractivity contribution is 8.18. The van der Waals surface area contributed by atoms with Crippen LogP contribution in [0.2, 0.25) is 0 Å². The maximum atomic E-state index is 12.6. The highest BCUT2D eigenvalue weighted by Gasteiger charge is 2.37. The summed E-state index contributed by atoms with van der Waals surface area (Å²) < 4.78 is 10.1. The Labute approximate surface area is 174 Å². The molecule has 0 atom stereocenters. The van der Waals surface area contributed by atoms with Gasteiger partial charge in [0.2, 0.25) is 0 Å². The zero-order valence-corrected chi connectivity index (χ0v) is 18.2. The van der Waals surface area contributed by atoms with Crippen molar-refractivity contribution in [3.05, 3.63) is 34.2 Å². The molecule has 3 rings (SSSR count). The van der Waals surface area contributed by atoms with Crippen molar-refractivity contribution in [3.63, 3.8) is 0 Å². The number of carbonyl (C=O) groups excluding carboxylic acids is 3. The van der Waals surface area contributed by atoms with Crippen molar-refractivity contribution in [3.8, 4) is 5.75 Å². The van der Waals surface area contributed by atoms with Gasteiger partial charge in [-0.15, -0.1) is 0 Å². The Balaban J connectivity index is 2.02. The largest absolute Gasteiger partial charge is 0.496 e. The molecule has 0 aromatic heterocycles. The summed E-state index contributed by atoms with van der Waals surface area (Å²) in [4.78, 5) is 39.5. The summed E-state index contributed by atoms with van der Waals surface area (Å²) in [6, 6.07) is 3.90. The maximum absolute atomic E-state index is 12.6. The van der Waals surface area contributed by atoms with Gasteiger partial charge in [0, 0.05) is 29.9 Å². The highest BCUT2D eigenvalue weighted by atomic mass is 32.2. The number of nitrogens with zero attached hydrogens (tertiary/aromatic N) is 2. The average molecular weight is 416 g/mol. The fourth-order valence-corrected chi connectivity index (χ4v) is 4.28. The van der Waals surface area contributed by atoms with Gasteiger partial charge in [-0.25, -0.2) is 0 Å². The predicted molar refractivity (Wildman–Crippen MR) is 114 cm³/mol. The lowest BCUT2D eigenvalue weighted by atomic mass is 9.88. The first kappa shape index (κ1) is 21.0. The summed E-state index contributed by atoms with van der Waals surface area (Å²) >= 11 is 0.797. The molecule has 0 spiro atoms. The molecular formula is C21H24N2O5S. The van der Waals surface area contributed by atoms with Crippen LogP contribution < -0.4 is 9.64 Å². The number of thioether (sulfide) groups is 1. The van der Waals surface area contributed by atoms with E-state index < -0.39 is 23.7 Å². The Kier molecular flexibility index (Phi) is 5.49. The van der Waals surface area contributed by atoms with Gasteiger partial charge in [0.25, 0.3) is 11.1 Å². The van der Waals surface area contributed by atoms with E-state index in [4.69, 9.17) is 4.74 Å². The topological polar surface area (TPSA) is 76.2 Å². The molecule has 0 radical (unpaired) electrons. The fourth-order valence-electron chi connectivity index (χ4n) is 3.45. The van der Waals surface area contributed by atoms with Crippen molar-refractivity contribution >= 4 is 46.2 Å². The minimum Gasteiger partial charge on any atom is -0.496 e. The van der Waals surface area contributed by atoms with Crippen LogP contribution in [0.1, 0.15) is 31.9 Å². The van der Waals surface area contributed by atoms with Gasteiger partial charge in [0.15, 0.2) is 0 Å². The molecule has 1 fully saturated rings. The first-order valence-corrected chi connectivity index (χ1v) is 9.88. The van der Waals surface area contributed by atoms with Crippen LogP contribution in [0, 0.1) is 0 Å². The van der Waals surface area contributed by atoms with Crippen LogP contribution in [0.4, 0.5) is 10.5 Å². The Morgan fingerprint density at radius 1 is 1.24 bits per heavy atom. The molecule has 1 aromatic carbocycles.